The van der Waals surface area contributed by atoms with E-state index in [0.29, 0.717) is 5.69 Å². The lowest BCUT2D eigenvalue weighted by Crippen LogP contribution is -2.11. The zero-order valence-corrected chi connectivity index (χ0v) is 11.4. The number of nitrogens with one attached hydrogen (secondary N) is 1. The first-order valence-corrected chi connectivity index (χ1v) is 7.30. The van der Waals surface area contributed by atoms with E-state index in [9.17, 15) is 17.2 Å². The maximum absolute atomic E-state index is 12.2. The van der Waals surface area contributed by atoms with Gasteiger partial charge in [-0.15, -0.1) is 0 Å². The molecule has 1 heterocycles. The maximum Gasteiger partial charge on any atom is 0.387 e. The van der Waals surface area contributed by atoms with Crippen LogP contribution in [0.4, 0.5) is 14.5 Å². The predicted molar refractivity (Wildman–Crippen MR) is 70.5 cm³/mol. The Morgan fingerprint density at radius 1 is 1.24 bits per heavy atom. The molecule has 0 aliphatic heterocycles. The molecule has 0 saturated heterocycles. The van der Waals surface area contributed by atoms with Gasteiger partial charge in [0.05, 0.1) is 12.2 Å². The molecule has 0 aliphatic rings. The van der Waals surface area contributed by atoms with Gasteiger partial charge in [0.1, 0.15) is 11.5 Å². The van der Waals surface area contributed by atoms with Crippen molar-refractivity contribution in [2.75, 3.05) is 5.32 Å². The molecule has 1 aromatic carbocycles. The van der Waals surface area contributed by atoms with Crippen molar-refractivity contribution in [1.82, 2.24) is 0 Å². The topological polar surface area (TPSA) is 94.6 Å². The zero-order valence-electron chi connectivity index (χ0n) is 10.6. The molecule has 0 unspecified atom stereocenters. The van der Waals surface area contributed by atoms with E-state index in [1.807, 2.05) is 0 Å². The van der Waals surface area contributed by atoms with Crippen molar-refractivity contribution in [3.05, 3.63) is 42.2 Å². The summed E-state index contributed by atoms with van der Waals surface area (Å²) in [4.78, 5) is 0. The average molecular weight is 318 g/mol. The molecule has 0 bridgehead atoms. The summed E-state index contributed by atoms with van der Waals surface area (Å²) in [7, 11) is -3.91. The number of alkyl halides is 2. The van der Waals surface area contributed by atoms with Crippen LogP contribution in [-0.4, -0.2) is 15.0 Å². The van der Waals surface area contributed by atoms with E-state index in [0.717, 1.165) is 0 Å². The van der Waals surface area contributed by atoms with Crippen molar-refractivity contribution >= 4 is 15.7 Å². The number of sulfonamides is 1. The van der Waals surface area contributed by atoms with Gasteiger partial charge in [-0.25, -0.2) is 13.6 Å². The molecule has 21 heavy (non-hydrogen) atoms. The van der Waals surface area contributed by atoms with Gasteiger partial charge in [-0.2, -0.15) is 8.78 Å². The Kier molecular flexibility index (Phi) is 4.43. The molecular formula is C12H12F2N2O4S. The summed E-state index contributed by atoms with van der Waals surface area (Å²) in [5.74, 6) is 0.261. The standard InChI is InChI=1S/C12H12F2N2O4S/c13-12(14)20-10-4-2-1-3-9(10)16-7-8-5-6-11(19-8)21(15,17)18/h1-6,12,16H,7H2,(H2,15,17,18). The highest BCUT2D eigenvalue weighted by Crippen LogP contribution is 2.26. The second-order valence-electron chi connectivity index (χ2n) is 3.99. The molecule has 0 amide bonds. The molecule has 9 heteroatoms. The third-order valence-electron chi connectivity index (χ3n) is 2.47. The van der Waals surface area contributed by atoms with Crippen LogP contribution in [0.25, 0.3) is 0 Å². The molecule has 2 aromatic rings. The van der Waals surface area contributed by atoms with Crippen LogP contribution in [-0.2, 0) is 16.6 Å². The molecule has 1 aromatic heterocycles. The molecule has 0 spiro atoms. The monoisotopic (exact) mass is 318 g/mol. The van der Waals surface area contributed by atoms with Crippen LogP contribution in [0, 0.1) is 0 Å². The number of anilines is 1. The first kappa shape index (κ1) is 15.3. The van der Waals surface area contributed by atoms with Gasteiger partial charge in [0.2, 0.25) is 5.09 Å². The number of primary sulfonamides is 1. The summed E-state index contributed by atoms with van der Waals surface area (Å²) in [5.41, 5.74) is 0.325. The normalized spacial score (nSPS) is 11.6. The lowest BCUT2D eigenvalue weighted by molar-refractivity contribution is -0.0493. The van der Waals surface area contributed by atoms with Crippen molar-refractivity contribution < 1.29 is 26.4 Å². The predicted octanol–water partition coefficient (Wildman–Crippen LogP) is 2.14. The quantitative estimate of drug-likeness (QED) is 0.851. The minimum Gasteiger partial charge on any atom is -0.446 e. The highest BCUT2D eigenvalue weighted by atomic mass is 32.2. The fourth-order valence-corrected chi connectivity index (χ4v) is 2.08. The number of benzene rings is 1. The number of furan rings is 1. The van der Waals surface area contributed by atoms with Crippen LogP contribution >= 0.6 is 0 Å². The Bertz CT molecular complexity index is 716. The number of nitrogens with two attached hydrogens (primary N) is 1. The van der Waals surface area contributed by atoms with Crippen molar-refractivity contribution in [3.8, 4) is 5.75 Å². The van der Waals surface area contributed by atoms with E-state index in [2.05, 4.69) is 10.1 Å². The van der Waals surface area contributed by atoms with Gasteiger partial charge in [0.15, 0.2) is 0 Å². The molecule has 0 saturated carbocycles. The lowest BCUT2D eigenvalue weighted by Gasteiger charge is -2.11. The van der Waals surface area contributed by atoms with Gasteiger partial charge in [0, 0.05) is 0 Å². The summed E-state index contributed by atoms with van der Waals surface area (Å²) >= 11 is 0. The van der Waals surface area contributed by atoms with Gasteiger partial charge in [-0.1, -0.05) is 12.1 Å². The third kappa shape index (κ3) is 4.17. The first-order valence-electron chi connectivity index (χ1n) is 5.75. The molecule has 6 nitrogen and oxygen atoms in total. The molecule has 0 aliphatic carbocycles. The van der Waals surface area contributed by atoms with E-state index in [1.54, 1.807) is 18.2 Å². The number of ether oxygens (including phenoxy) is 1. The smallest absolute Gasteiger partial charge is 0.387 e. The van der Waals surface area contributed by atoms with E-state index in [-0.39, 0.29) is 23.1 Å². The highest BCUT2D eigenvalue weighted by molar-refractivity contribution is 7.89. The van der Waals surface area contributed by atoms with E-state index >= 15 is 0 Å². The third-order valence-corrected chi connectivity index (χ3v) is 3.25. The summed E-state index contributed by atoms with van der Waals surface area (Å²) in [6.07, 6.45) is 0. The van der Waals surface area contributed by atoms with E-state index in [4.69, 9.17) is 9.56 Å². The number of hydrogen-bond acceptors (Lipinski definition) is 5. The van der Waals surface area contributed by atoms with Crippen molar-refractivity contribution in [1.29, 1.82) is 0 Å². The summed E-state index contributed by atoms with van der Waals surface area (Å²) in [5, 5.41) is 7.36. The molecule has 0 fully saturated rings. The van der Waals surface area contributed by atoms with Crippen molar-refractivity contribution in [2.24, 2.45) is 5.14 Å². The van der Waals surface area contributed by atoms with Crippen LogP contribution in [0.15, 0.2) is 45.9 Å². The SMILES string of the molecule is NS(=O)(=O)c1ccc(CNc2ccccc2OC(F)F)o1. The van der Waals surface area contributed by atoms with Crippen LogP contribution in [0.2, 0.25) is 0 Å². The molecular weight excluding hydrogens is 306 g/mol. The Morgan fingerprint density at radius 3 is 2.57 bits per heavy atom. The largest absolute Gasteiger partial charge is 0.446 e. The van der Waals surface area contributed by atoms with E-state index in [1.165, 1.54) is 18.2 Å². The molecule has 114 valence electrons. The van der Waals surface area contributed by atoms with Crippen molar-refractivity contribution in [3.63, 3.8) is 0 Å². The summed E-state index contributed by atoms with van der Waals surface area (Å²) < 4.78 is 56.0. The Morgan fingerprint density at radius 2 is 1.95 bits per heavy atom. The molecule has 0 atom stereocenters. The second-order valence-corrected chi connectivity index (χ2v) is 5.49. The minimum atomic E-state index is -3.91. The molecule has 3 N–H and O–H groups in total. The average Bonchev–Trinajstić information content (AvgIpc) is 2.86. The van der Waals surface area contributed by atoms with Crippen LogP contribution in [0.5, 0.6) is 5.75 Å². The number of para-hydroxylation sites is 2. The summed E-state index contributed by atoms with van der Waals surface area (Å²) in [6, 6.07) is 8.75. The molecule has 2 rings (SSSR count). The maximum atomic E-state index is 12.2. The molecule has 0 radical (unpaired) electrons. The Balaban J connectivity index is 2.08. The highest BCUT2D eigenvalue weighted by Gasteiger charge is 2.14. The van der Waals surface area contributed by atoms with Crippen LogP contribution in [0.1, 0.15) is 5.76 Å². The van der Waals surface area contributed by atoms with Gasteiger partial charge in [-0.05, 0) is 24.3 Å². The number of rotatable bonds is 6. The minimum absolute atomic E-state index is 0.0225. The van der Waals surface area contributed by atoms with Gasteiger partial charge in [-0.3, -0.25) is 0 Å². The number of hydrogen-bond donors (Lipinski definition) is 2. The van der Waals surface area contributed by atoms with Crippen molar-refractivity contribution in [2.45, 2.75) is 18.2 Å². The van der Waals surface area contributed by atoms with Gasteiger partial charge >= 0.3 is 6.61 Å². The van der Waals surface area contributed by atoms with Gasteiger partial charge < -0.3 is 14.5 Å². The Hall–Kier alpha value is -2.13. The lowest BCUT2D eigenvalue weighted by atomic mass is 10.3. The van der Waals surface area contributed by atoms with Crippen LogP contribution < -0.4 is 15.2 Å². The second kappa shape index (κ2) is 6.10. The fourth-order valence-electron chi connectivity index (χ4n) is 1.60. The van der Waals surface area contributed by atoms with Crippen LogP contribution in [0.3, 0.4) is 0 Å². The van der Waals surface area contributed by atoms with Gasteiger partial charge in [0.25, 0.3) is 10.0 Å². The fraction of sp³-hybridized carbons (Fsp3) is 0.167. The summed E-state index contributed by atoms with van der Waals surface area (Å²) in [6.45, 7) is -2.86. The van der Waals surface area contributed by atoms with E-state index < -0.39 is 16.6 Å². The first-order chi connectivity index (χ1) is 9.86. The number of halogens is 2. The Labute approximate surface area is 119 Å². The zero-order chi connectivity index (χ0) is 15.5.